The Bertz CT molecular complexity index is 266. The number of hydrogen-bond donors (Lipinski definition) is 5. The van der Waals surface area contributed by atoms with Crippen molar-refractivity contribution in [3.8, 4) is 0 Å². The van der Waals surface area contributed by atoms with Crippen molar-refractivity contribution in [2.24, 2.45) is 11.5 Å². The molecule has 0 heterocycles. The van der Waals surface area contributed by atoms with Gasteiger partial charge in [0, 0.05) is 0 Å². The molecule has 8 heteroatoms. The van der Waals surface area contributed by atoms with Gasteiger partial charge in [-0.2, -0.15) is 0 Å². The molecule has 0 bridgehead atoms. The third-order valence-electron chi connectivity index (χ3n) is 1.51. The van der Waals surface area contributed by atoms with Gasteiger partial charge in [0.05, 0.1) is 12.6 Å². The number of carboxylic acids is 1. The van der Waals surface area contributed by atoms with Gasteiger partial charge in [0.15, 0.2) is 0 Å². The van der Waals surface area contributed by atoms with Crippen LogP contribution in [-0.2, 0) is 9.59 Å². The van der Waals surface area contributed by atoms with E-state index in [1.54, 1.807) is 0 Å². The lowest BCUT2D eigenvalue weighted by Gasteiger charge is -2.15. The molecule has 0 unspecified atom stereocenters. The van der Waals surface area contributed by atoms with Gasteiger partial charge >= 0.3 is 12.0 Å². The van der Waals surface area contributed by atoms with E-state index in [9.17, 15) is 14.4 Å². The molecule has 0 aliphatic heterocycles. The topological polar surface area (TPSA) is 148 Å². The molecule has 8 nitrogen and oxygen atoms in total. The molecule has 0 aliphatic rings. The molecule has 0 saturated carbocycles. The first kappa shape index (κ1) is 13.2. The molecule has 2 atom stereocenters. The summed E-state index contributed by atoms with van der Waals surface area (Å²) >= 11 is 0. The zero-order valence-electron chi connectivity index (χ0n) is 8.19. The first-order valence-electron chi connectivity index (χ1n) is 4.16. The zero-order chi connectivity index (χ0) is 12.0. The number of hydrogen-bond acceptors (Lipinski definition) is 4. The average Bonchev–Trinajstić information content (AvgIpc) is 2.10. The minimum Gasteiger partial charge on any atom is -0.480 e. The van der Waals surface area contributed by atoms with Crippen molar-refractivity contribution in [3.63, 3.8) is 0 Å². The second kappa shape index (κ2) is 5.81. The maximum Gasteiger partial charge on any atom is 0.328 e. The first-order valence-corrected chi connectivity index (χ1v) is 4.16. The Balaban J connectivity index is 4.22. The molecule has 15 heavy (non-hydrogen) atoms. The van der Waals surface area contributed by atoms with Crippen LogP contribution in [0.3, 0.4) is 0 Å². The molecule has 0 rings (SSSR count). The number of carboxylic acid groups (broad SMARTS) is 1. The van der Waals surface area contributed by atoms with E-state index in [1.807, 2.05) is 0 Å². The van der Waals surface area contributed by atoms with Crippen LogP contribution in [0.1, 0.15) is 6.92 Å². The Kier molecular flexibility index (Phi) is 5.10. The molecule has 0 fully saturated rings. The second-order valence-corrected chi connectivity index (χ2v) is 2.93. The highest BCUT2D eigenvalue weighted by atomic mass is 16.4. The van der Waals surface area contributed by atoms with Crippen LogP contribution in [0.5, 0.6) is 0 Å². The van der Waals surface area contributed by atoms with E-state index < -0.39 is 30.0 Å². The first-order chi connectivity index (χ1) is 6.84. The molecular formula is C7H14N4O4. The number of carbonyl (C=O) groups excluding carboxylic acids is 2. The van der Waals surface area contributed by atoms with Crippen molar-refractivity contribution in [2.45, 2.75) is 19.0 Å². The number of carbonyl (C=O) groups is 3. The summed E-state index contributed by atoms with van der Waals surface area (Å²) in [6.45, 7) is 1.12. The fraction of sp³-hybridized carbons (Fsp3) is 0.571. The number of aliphatic carboxylic acids is 1. The minimum atomic E-state index is -1.28. The second-order valence-electron chi connectivity index (χ2n) is 2.93. The Morgan fingerprint density at radius 2 is 1.93 bits per heavy atom. The molecule has 3 amide bonds. The molecule has 86 valence electrons. The number of nitrogens with two attached hydrogens (primary N) is 2. The third kappa shape index (κ3) is 5.47. The van der Waals surface area contributed by atoms with E-state index in [4.69, 9.17) is 16.6 Å². The van der Waals surface area contributed by atoms with Gasteiger partial charge < -0.3 is 27.2 Å². The van der Waals surface area contributed by atoms with Crippen LogP contribution in [0.2, 0.25) is 0 Å². The molecule has 0 spiro atoms. The van der Waals surface area contributed by atoms with Crippen LogP contribution in [-0.4, -0.2) is 41.6 Å². The number of urea groups is 1. The Labute approximate surface area is 86.0 Å². The predicted molar refractivity (Wildman–Crippen MR) is 50.8 cm³/mol. The maximum absolute atomic E-state index is 11.1. The van der Waals surface area contributed by atoms with Gasteiger partial charge in [-0.25, -0.2) is 9.59 Å². The summed E-state index contributed by atoms with van der Waals surface area (Å²) in [5, 5.41) is 12.9. The SMILES string of the molecule is C[C@H](N)C(=O)N[C@@H](CNC(N)=O)C(=O)O. The Hall–Kier alpha value is -1.83. The van der Waals surface area contributed by atoms with Crippen molar-refractivity contribution in [1.29, 1.82) is 0 Å². The van der Waals surface area contributed by atoms with E-state index in [-0.39, 0.29) is 6.54 Å². The lowest BCUT2D eigenvalue weighted by atomic mass is 10.2. The average molecular weight is 218 g/mol. The minimum absolute atomic E-state index is 0.289. The van der Waals surface area contributed by atoms with E-state index >= 15 is 0 Å². The van der Waals surface area contributed by atoms with Gasteiger partial charge in [-0.3, -0.25) is 4.79 Å². The molecule has 0 saturated heterocycles. The number of primary amides is 1. The smallest absolute Gasteiger partial charge is 0.328 e. The normalized spacial score (nSPS) is 13.7. The van der Waals surface area contributed by atoms with Gasteiger partial charge in [0.25, 0.3) is 0 Å². The van der Waals surface area contributed by atoms with Crippen LogP contribution >= 0.6 is 0 Å². The highest BCUT2D eigenvalue weighted by Gasteiger charge is 2.21. The van der Waals surface area contributed by atoms with E-state index in [1.165, 1.54) is 6.92 Å². The van der Waals surface area contributed by atoms with E-state index in [0.717, 1.165) is 0 Å². The highest BCUT2D eigenvalue weighted by molar-refractivity contribution is 5.87. The molecule has 0 aromatic carbocycles. The molecular weight excluding hydrogens is 204 g/mol. The van der Waals surface area contributed by atoms with Crippen LogP contribution in [0.25, 0.3) is 0 Å². The third-order valence-corrected chi connectivity index (χ3v) is 1.51. The van der Waals surface area contributed by atoms with Gasteiger partial charge in [-0.05, 0) is 6.92 Å². The van der Waals surface area contributed by atoms with Gasteiger partial charge in [0.2, 0.25) is 5.91 Å². The fourth-order valence-corrected chi connectivity index (χ4v) is 0.706. The summed E-state index contributed by atoms with van der Waals surface area (Å²) in [7, 11) is 0. The maximum atomic E-state index is 11.1. The summed E-state index contributed by atoms with van der Waals surface area (Å²) in [6.07, 6.45) is 0. The van der Waals surface area contributed by atoms with E-state index in [2.05, 4.69) is 10.6 Å². The van der Waals surface area contributed by atoms with Crippen molar-refractivity contribution in [3.05, 3.63) is 0 Å². The molecule has 7 N–H and O–H groups in total. The molecule has 0 aromatic rings. The summed E-state index contributed by atoms with van der Waals surface area (Å²) in [4.78, 5) is 32.0. The monoisotopic (exact) mass is 218 g/mol. The van der Waals surface area contributed by atoms with Crippen molar-refractivity contribution in [2.75, 3.05) is 6.54 Å². The van der Waals surface area contributed by atoms with Gasteiger partial charge in [-0.15, -0.1) is 0 Å². The van der Waals surface area contributed by atoms with Crippen LogP contribution in [0.15, 0.2) is 0 Å². The number of rotatable bonds is 5. The molecule has 0 aliphatic carbocycles. The quantitative estimate of drug-likeness (QED) is 0.348. The summed E-state index contributed by atoms with van der Waals surface area (Å²) in [6, 6.07) is -2.92. The van der Waals surface area contributed by atoms with E-state index in [0.29, 0.717) is 0 Å². The van der Waals surface area contributed by atoms with Gasteiger partial charge in [-0.1, -0.05) is 0 Å². The summed E-state index contributed by atoms with van der Waals surface area (Å²) < 4.78 is 0. The largest absolute Gasteiger partial charge is 0.480 e. The van der Waals surface area contributed by atoms with Gasteiger partial charge in [0.1, 0.15) is 6.04 Å². The van der Waals surface area contributed by atoms with Crippen molar-refractivity contribution >= 4 is 17.9 Å². The number of amides is 3. The number of nitrogens with one attached hydrogen (secondary N) is 2. The standard InChI is InChI=1S/C7H14N4O4/c1-3(8)5(12)11-4(6(13)14)2-10-7(9)15/h3-4H,2,8H2,1H3,(H,11,12)(H,13,14)(H3,9,10,15)/t3-,4-/m0/s1. The van der Waals surface area contributed by atoms with Crippen LogP contribution in [0.4, 0.5) is 4.79 Å². The molecule has 0 radical (unpaired) electrons. The van der Waals surface area contributed by atoms with Crippen LogP contribution < -0.4 is 22.1 Å². The predicted octanol–water partition coefficient (Wildman–Crippen LogP) is -2.43. The van der Waals surface area contributed by atoms with Crippen molar-refractivity contribution in [1.82, 2.24) is 10.6 Å². The molecule has 0 aromatic heterocycles. The zero-order valence-corrected chi connectivity index (χ0v) is 8.19. The Morgan fingerprint density at radius 3 is 2.27 bits per heavy atom. The Morgan fingerprint density at radius 1 is 1.40 bits per heavy atom. The lowest BCUT2D eigenvalue weighted by Crippen LogP contribution is -2.52. The fourth-order valence-electron chi connectivity index (χ4n) is 0.706. The summed E-state index contributed by atoms with van der Waals surface area (Å²) in [5.41, 5.74) is 9.97. The highest BCUT2D eigenvalue weighted by Crippen LogP contribution is 1.85. The van der Waals surface area contributed by atoms with Crippen molar-refractivity contribution < 1.29 is 19.5 Å². The lowest BCUT2D eigenvalue weighted by molar-refractivity contribution is -0.141. The van der Waals surface area contributed by atoms with Crippen LogP contribution in [0, 0.1) is 0 Å². The summed E-state index contributed by atoms with van der Waals surface area (Å²) in [5.74, 6) is -1.90.